The normalized spacial score (nSPS) is 15.9. The van der Waals surface area contributed by atoms with Crippen LogP contribution in [0, 0.1) is 0 Å². The summed E-state index contributed by atoms with van der Waals surface area (Å²) >= 11 is 0. The number of benzene rings is 3. The van der Waals surface area contributed by atoms with E-state index in [4.69, 9.17) is 9.47 Å². The molecule has 1 fully saturated rings. The van der Waals surface area contributed by atoms with Crippen molar-refractivity contribution in [2.24, 2.45) is 0 Å². The monoisotopic (exact) mass is 463 g/mol. The number of nitrogens with zero attached hydrogens (tertiary/aromatic N) is 1. The molecule has 4 rings (SSSR count). The minimum atomic E-state index is -4.65. The van der Waals surface area contributed by atoms with Crippen molar-refractivity contribution in [2.45, 2.75) is 18.0 Å². The molecule has 168 valence electrons. The van der Waals surface area contributed by atoms with Crippen LogP contribution in [0.5, 0.6) is 5.75 Å². The lowest BCUT2D eigenvalue weighted by Gasteiger charge is -2.27. The molecule has 1 atom stereocenters. The van der Waals surface area contributed by atoms with Gasteiger partial charge in [-0.1, -0.05) is 48.5 Å². The Kier molecular flexibility index (Phi) is 6.12. The number of para-hydroxylation sites is 1. The average molecular weight is 463 g/mol. The first-order chi connectivity index (χ1) is 15.2. The average Bonchev–Trinajstić information content (AvgIpc) is 3.58. The van der Waals surface area contributed by atoms with Crippen molar-refractivity contribution in [3.8, 4) is 5.75 Å². The Morgan fingerprint density at radius 2 is 1.59 bits per heavy atom. The summed E-state index contributed by atoms with van der Waals surface area (Å²) in [6.07, 6.45) is -4.81. The Bertz CT molecular complexity index is 1160. The number of alkyl halides is 3. The highest BCUT2D eigenvalue weighted by Crippen LogP contribution is 2.41. The number of ether oxygens (including phenoxy) is 2. The van der Waals surface area contributed by atoms with Crippen LogP contribution in [0.15, 0.2) is 78.9 Å². The van der Waals surface area contributed by atoms with Gasteiger partial charge in [-0.2, -0.15) is 13.2 Å². The molecule has 0 aromatic heterocycles. The van der Waals surface area contributed by atoms with Gasteiger partial charge in [0.15, 0.2) is 0 Å². The van der Waals surface area contributed by atoms with E-state index in [1.54, 1.807) is 48.5 Å². The summed E-state index contributed by atoms with van der Waals surface area (Å²) in [5, 5.41) is 0. The van der Waals surface area contributed by atoms with E-state index in [1.807, 2.05) is 0 Å². The summed E-state index contributed by atoms with van der Waals surface area (Å²) in [4.78, 5) is 0. The third kappa shape index (κ3) is 5.23. The van der Waals surface area contributed by atoms with Crippen LogP contribution in [-0.4, -0.2) is 27.7 Å². The molecule has 3 aromatic carbocycles. The summed E-state index contributed by atoms with van der Waals surface area (Å²) in [5.74, 6) is -0.376. The van der Waals surface area contributed by atoms with E-state index in [9.17, 15) is 21.6 Å². The fourth-order valence-corrected chi connectivity index (χ4v) is 4.81. The minimum absolute atomic E-state index is 0.0222. The van der Waals surface area contributed by atoms with Gasteiger partial charge in [0.2, 0.25) is 10.0 Å². The van der Waals surface area contributed by atoms with Gasteiger partial charge in [0.25, 0.3) is 0 Å². The highest BCUT2D eigenvalue weighted by molar-refractivity contribution is 7.92. The summed E-state index contributed by atoms with van der Waals surface area (Å²) in [6.45, 7) is 0.602. The Morgan fingerprint density at radius 1 is 0.969 bits per heavy atom. The lowest BCUT2D eigenvalue weighted by molar-refractivity contribution is -0.137. The first-order valence-electron chi connectivity index (χ1n) is 9.82. The van der Waals surface area contributed by atoms with Gasteiger partial charge in [0.1, 0.15) is 18.5 Å². The molecule has 0 spiro atoms. The first-order valence-corrected chi connectivity index (χ1v) is 11.4. The SMILES string of the molecule is O=S(=O)(Cc1ccccc1)N(c1ccccc1)c1cc(C(F)(F)F)ccc1OCC1CO1. The highest BCUT2D eigenvalue weighted by atomic mass is 32.2. The molecular formula is C23H20F3NO4S. The molecule has 1 saturated heterocycles. The van der Waals surface area contributed by atoms with E-state index >= 15 is 0 Å². The van der Waals surface area contributed by atoms with Crippen molar-refractivity contribution < 1.29 is 31.1 Å². The van der Waals surface area contributed by atoms with Crippen LogP contribution < -0.4 is 9.04 Å². The molecule has 1 heterocycles. The van der Waals surface area contributed by atoms with Crippen LogP contribution in [0.4, 0.5) is 24.5 Å². The van der Waals surface area contributed by atoms with Gasteiger partial charge in [-0.05, 0) is 35.9 Å². The third-order valence-corrected chi connectivity index (χ3v) is 6.45. The first kappa shape index (κ1) is 22.2. The molecule has 1 unspecified atom stereocenters. The predicted octanol–water partition coefficient (Wildman–Crippen LogP) is 5.15. The van der Waals surface area contributed by atoms with Crippen molar-refractivity contribution in [3.05, 3.63) is 90.0 Å². The second-order valence-corrected chi connectivity index (χ2v) is 9.11. The van der Waals surface area contributed by atoms with Crippen molar-refractivity contribution >= 4 is 21.4 Å². The lowest BCUT2D eigenvalue weighted by atomic mass is 10.1. The molecule has 0 aliphatic carbocycles. The van der Waals surface area contributed by atoms with Crippen LogP contribution in [0.25, 0.3) is 0 Å². The fraction of sp³-hybridized carbons (Fsp3) is 0.217. The molecule has 5 nitrogen and oxygen atoms in total. The van der Waals surface area contributed by atoms with Gasteiger partial charge >= 0.3 is 6.18 Å². The van der Waals surface area contributed by atoms with E-state index in [2.05, 4.69) is 0 Å². The second-order valence-electron chi connectivity index (χ2n) is 7.29. The van der Waals surface area contributed by atoms with Crippen molar-refractivity contribution in [3.63, 3.8) is 0 Å². The molecule has 1 aliphatic heterocycles. The molecule has 0 bridgehead atoms. The summed E-state index contributed by atoms with van der Waals surface area (Å²) < 4.78 is 79.3. The van der Waals surface area contributed by atoms with E-state index in [-0.39, 0.29) is 29.8 Å². The molecule has 1 aliphatic rings. The van der Waals surface area contributed by atoms with E-state index < -0.39 is 27.5 Å². The molecule has 9 heteroatoms. The van der Waals surface area contributed by atoms with Gasteiger partial charge in [-0.15, -0.1) is 0 Å². The van der Waals surface area contributed by atoms with Crippen LogP contribution in [0.2, 0.25) is 0 Å². The molecular weight excluding hydrogens is 443 g/mol. The van der Waals surface area contributed by atoms with Crippen molar-refractivity contribution in [1.29, 1.82) is 0 Å². The maximum atomic E-state index is 13.5. The number of sulfonamides is 1. The molecule has 0 saturated carbocycles. The van der Waals surface area contributed by atoms with Crippen molar-refractivity contribution in [1.82, 2.24) is 0 Å². The van der Waals surface area contributed by atoms with Gasteiger partial charge in [-0.3, -0.25) is 0 Å². The summed E-state index contributed by atoms with van der Waals surface area (Å²) in [6, 6.07) is 19.3. The zero-order chi connectivity index (χ0) is 22.8. The Balaban J connectivity index is 1.84. The molecule has 32 heavy (non-hydrogen) atoms. The highest BCUT2D eigenvalue weighted by Gasteiger charge is 2.35. The zero-order valence-corrected chi connectivity index (χ0v) is 17.6. The van der Waals surface area contributed by atoms with Gasteiger partial charge < -0.3 is 9.47 Å². The van der Waals surface area contributed by atoms with Gasteiger partial charge in [0, 0.05) is 0 Å². The molecule has 3 aromatic rings. The van der Waals surface area contributed by atoms with E-state index in [0.29, 0.717) is 12.2 Å². The predicted molar refractivity (Wildman–Crippen MR) is 114 cm³/mol. The summed E-state index contributed by atoms with van der Waals surface area (Å²) in [5.41, 5.74) is -0.467. The minimum Gasteiger partial charge on any atom is -0.489 e. The van der Waals surface area contributed by atoms with Crippen LogP contribution in [0.3, 0.4) is 0 Å². The molecule has 0 amide bonds. The van der Waals surface area contributed by atoms with Gasteiger partial charge in [-0.25, -0.2) is 12.7 Å². The van der Waals surface area contributed by atoms with Crippen LogP contribution >= 0.6 is 0 Å². The van der Waals surface area contributed by atoms with Crippen molar-refractivity contribution in [2.75, 3.05) is 17.5 Å². The van der Waals surface area contributed by atoms with Crippen LogP contribution in [0.1, 0.15) is 11.1 Å². The largest absolute Gasteiger partial charge is 0.489 e. The van der Waals surface area contributed by atoms with E-state index in [0.717, 1.165) is 22.5 Å². The number of hydrogen-bond acceptors (Lipinski definition) is 4. The molecule has 0 N–H and O–H groups in total. The summed E-state index contributed by atoms with van der Waals surface area (Å²) in [7, 11) is -4.13. The Hall–Kier alpha value is -3.04. The number of rotatable bonds is 8. The number of halogens is 3. The zero-order valence-electron chi connectivity index (χ0n) is 16.8. The number of hydrogen-bond donors (Lipinski definition) is 0. The Labute approximate surface area is 184 Å². The van der Waals surface area contributed by atoms with E-state index in [1.165, 1.54) is 12.1 Å². The standard InChI is InChI=1S/C23H20F3NO4S/c24-23(25,26)18-11-12-22(31-15-20-14-30-20)21(13-18)27(19-9-5-2-6-10-19)32(28,29)16-17-7-3-1-4-8-17/h1-13,20H,14-16H2. The number of anilines is 2. The topological polar surface area (TPSA) is 59.1 Å². The molecule has 0 radical (unpaired) electrons. The van der Waals surface area contributed by atoms with Gasteiger partial charge in [0.05, 0.1) is 29.3 Å². The maximum Gasteiger partial charge on any atom is 0.416 e. The quantitative estimate of drug-likeness (QED) is 0.434. The smallest absolute Gasteiger partial charge is 0.416 e. The maximum absolute atomic E-state index is 13.5. The Morgan fingerprint density at radius 3 is 2.19 bits per heavy atom. The lowest BCUT2D eigenvalue weighted by Crippen LogP contribution is -2.28. The number of epoxide rings is 1. The van der Waals surface area contributed by atoms with Crippen LogP contribution in [-0.2, 0) is 26.7 Å². The fourth-order valence-electron chi connectivity index (χ4n) is 3.18. The third-order valence-electron chi connectivity index (χ3n) is 4.79. The second kappa shape index (κ2) is 8.84.